The fraction of sp³-hybridized carbons (Fsp3) is 0.467. The molecule has 0 aromatic heterocycles. The minimum atomic E-state index is -0.586. The Hall–Kier alpha value is -1.88. The van der Waals surface area contributed by atoms with Crippen LogP contribution in [0, 0.1) is 0 Å². The van der Waals surface area contributed by atoms with Crippen LogP contribution in [0.3, 0.4) is 0 Å². The predicted molar refractivity (Wildman–Crippen MR) is 75.5 cm³/mol. The number of nitrogens with one attached hydrogen (secondary N) is 1. The number of esters is 1. The third-order valence-corrected chi connectivity index (χ3v) is 2.58. The van der Waals surface area contributed by atoms with E-state index < -0.39 is 12.0 Å². The lowest BCUT2D eigenvalue weighted by Gasteiger charge is -2.21. The second-order valence-electron chi connectivity index (χ2n) is 5.44. The summed E-state index contributed by atoms with van der Waals surface area (Å²) < 4.78 is 10.1. The van der Waals surface area contributed by atoms with Crippen LogP contribution in [0.15, 0.2) is 24.3 Å². The van der Waals surface area contributed by atoms with E-state index in [-0.39, 0.29) is 12.1 Å². The molecule has 0 aliphatic carbocycles. The molecule has 0 fully saturated rings. The van der Waals surface area contributed by atoms with Crippen LogP contribution < -0.4 is 10.1 Å². The van der Waals surface area contributed by atoms with Crippen LogP contribution in [-0.4, -0.2) is 31.1 Å². The summed E-state index contributed by atoms with van der Waals surface area (Å²) in [6, 6.07) is 6.95. The maximum Gasteiger partial charge on any atom is 0.330 e. The molecule has 1 unspecified atom stereocenters. The number of likely N-dealkylation sites (N-methyl/N-ethyl adjacent to an activating group) is 1. The van der Waals surface area contributed by atoms with Crippen molar-refractivity contribution in [2.24, 2.45) is 0 Å². The average Bonchev–Trinajstić information content (AvgIpc) is 2.36. The molecule has 0 aliphatic heterocycles. The van der Waals surface area contributed by atoms with Gasteiger partial charge in [0.25, 0.3) is 0 Å². The zero-order chi connectivity index (χ0) is 15.2. The van der Waals surface area contributed by atoms with Crippen LogP contribution in [-0.2, 0) is 20.7 Å². The van der Waals surface area contributed by atoms with Gasteiger partial charge in [0.05, 0.1) is 0 Å². The minimum absolute atomic E-state index is 0.146. The quantitative estimate of drug-likeness (QED) is 0.488. The lowest BCUT2D eigenvalue weighted by atomic mass is 10.1. The van der Waals surface area contributed by atoms with E-state index in [1.165, 1.54) is 0 Å². The van der Waals surface area contributed by atoms with Gasteiger partial charge in [-0.05, 0) is 51.9 Å². The van der Waals surface area contributed by atoms with Gasteiger partial charge in [-0.2, -0.15) is 0 Å². The molecule has 5 heteroatoms. The number of rotatable bonds is 6. The van der Waals surface area contributed by atoms with E-state index >= 15 is 0 Å². The van der Waals surface area contributed by atoms with Gasteiger partial charge in [0.1, 0.15) is 17.4 Å². The van der Waals surface area contributed by atoms with Crippen LogP contribution in [0.1, 0.15) is 26.3 Å². The molecule has 0 spiro atoms. The van der Waals surface area contributed by atoms with Crippen LogP contribution in [0.5, 0.6) is 5.75 Å². The molecule has 20 heavy (non-hydrogen) atoms. The largest absolute Gasteiger partial charge is 0.488 e. The van der Waals surface area contributed by atoms with Gasteiger partial charge < -0.3 is 14.8 Å². The number of hydrogen-bond acceptors (Lipinski definition) is 5. The van der Waals surface area contributed by atoms with Crippen LogP contribution in [0.25, 0.3) is 0 Å². The standard InChI is InChI=1S/C15H21NO4/c1-15(2,3)20-12-7-5-11(6-8-12)9-13(16-4)14(18)19-10-17/h5-8,10,13,16H,9H2,1-4H3. The minimum Gasteiger partial charge on any atom is -0.488 e. The highest BCUT2D eigenvalue weighted by Crippen LogP contribution is 2.19. The maximum atomic E-state index is 11.5. The summed E-state index contributed by atoms with van der Waals surface area (Å²) in [6.07, 6.45) is 0.443. The lowest BCUT2D eigenvalue weighted by Crippen LogP contribution is -2.37. The first-order valence-electron chi connectivity index (χ1n) is 6.45. The number of hydrogen-bond donors (Lipinski definition) is 1. The van der Waals surface area contributed by atoms with Crippen molar-refractivity contribution in [3.8, 4) is 5.75 Å². The summed E-state index contributed by atoms with van der Waals surface area (Å²) >= 11 is 0. The Kier molecular flexibility index (Phi) is 5.70. The van der Waals surface area contributed by atoms with Crippen LogP contribution >= 0.6 is 0 Å². The first-order valence-corrected chi connectivity index (χ1v) is 6.45. The second kappa shape index (κ2) is 7.05. The molecule has 0 aliphatic rings. The Balaban J connectivity index is 2.68. The SMILES string of the molecule is CNC(Cc1ccc(OC(C)(C)C)cc1)C(=O)OC=O. The van der Waals surface area contributed by atoms with Crippen molar-refractivity contribution >= 4 is 12.4 Å². The second-order valence-corrected chi connectivity index (χ2v) is 5.44. The molecule has 1 N–H and O–H groups in total. The van der Waals surface area contributed by atoms with Crippen molar-refractivity contribution in [2.75, 3.05) is 7.05 Å². The molecule has 0 amide bonds. The summed E-state index contributed by atoms with van der Waals surface area (Å²) in [5.41, 5.74) is 0.705. The molecule has 0 heterocycles. The van der Waals surface area contributed by atoms with Crippen molar-refractivity contribution in [3.63, 3.8) is 0 Å². The first kappa shape index (κ1) is 16.2. The van der Waals surface area contributed by atoms with E-state index in [2.05, 4.69) is 10.1 Å². The zero-order valence-electron chi connectivity index (χ0n) is 12.3. The van der Waals surface area contributed by atoms with Crippen molar-refractivity contribution < 1.29 is 19.1 Å². The van der Waals surface area contributed by atoms with E-state index in [1.807, 2.05) is 45.0 Å². The Morgan fingerprint density at radius 2 is 1.90 bits per heavy atom. The van der Waals surface area contributed by atoms with Gasteiger partial charge in [-0.25, -0.2) is 4.79 Å². The van der Waals surface area contributed by atoms with Crippen molar-refractivity contribution in [1.29, 1.82) is 0 Å². The molecule has 1 aromatic carbocycles. The molecule has 0 radical (unpaired) electrons. The molecule has 5 nitrogen and oxygen atoms in total. The number of carbonyl (C=O) groups excluding carboxylic acids is 2. The van der Waals surface area contributed by atoms with Crippen molar-refractivity contribution in [3.05, 3.63) is 29.8 Å². The predicted octanol–water partition coefficient (Wildman–Crippen LogP) is 1.69. The van der Waals surface area contributed by atoms with E-state index in [0.717, 1.165) is 11.3 Å². The van der Waals surface area contributed by atoms with E-state index in [4.69, 9.17) is 4.74 Å². The third-order valence-electron chi connectivity index (χ3n) is 2.58. The normalized spacial score (nSPS) is 12.6. The Morgan fingerprint density at radius 1 is 1.30 bits per heavy atom. The Morgan fingerprint density at radius 3 is 2.35 bits per heavy atom. The van der Waals surface area contributed by atoms with Gasteiger partial charge in [0, 0.05) is 0 Å². The Bertz CT molecular complexity index is 448. The number of ether oxygens (including phenoxy) is 2. The fourth-order valence-corrected chi connectivity index (χ4v) is 1.72. The van der Waals surface area contributed by atoms with E-state index in [9.17, 15) is 9.59 Å². The highest BCUT2D eigenvalue weighted by Gasteiger charge is 2.18. The summed E-state index contributed by atoms with van der Waals surface area (Å²) in [5, 5.41) is 2.82. The van der Waals surface area contributed by atoms with Gasteiger partial charge in [-0.3, -0.25) is 4.79 Å². The van der Waals surface area contributed by atoms with E-state index in [1.54, 1.807) is 7.05 Å². The van der Waals surface area contributed by atoms with Crippen LogP contribution in [0.2, 0.25) is 0 Å². The summed E-state index contributed by atoms with van der Waals surface area (Å²) in [6.45, 7) is 6.08. The van der Waals surface area contributed by atoms with Gasteiger partial charge in [-0.15, -0.1) is 0 Å². The van der Waals surface area contributed by atoms with Gasteiger partial charge in [0.2, 0.25) is 0 Å². The molecule has 0 saturated heterocycles. The Labute approximate surface area is 119 Å². The molecule has 1 rings (SSSR count). The van der Waals surface area contributed by atoms with Crippen molar-refractivity contribution in [2.45, 2.75) is 38.8 Å². The summed E-state index contributed by atoms with van der Waals surface area (Å²) in [7, 11) is 1.65. The summed E-state index contributed by atoms with van der Waals surface area (Å²) in [5.74, 6) is 0.190. The molecule has 1 atom stereocenters. The first-order chi connectivity index (χ1) is 9.35. The summed E-state index contributed by atoms with van der Waals surface area (Å²) in [4.78, 5) is 21.7. The highest BCUT2D eigenvalue weighted by molar-refractivity contribution is 5.81. The molecule has 0 bridgehead atoms. The number of benzene rings is 1. The maximum absolute atomic E-state index is 11.5. The highest BCUT2D eigenvalue weighted by atomic mass is 16.6. The monoisotopic (exact) mass is 279 g/mol. The molecule has 0 saturated carbocycles. The lowest BCUT2D eigenvalue weighted by molar-refractivity contribution is -0.153. The zero-order valence-corrected chi connectivity index (χ0v) is 12.3. The average molecular weight is 279 g/mol. The van der Waals surface area contributed by atoms with Gasteiger partial charge in [-0.1, -0.05) is 12.1 Å². The third kappa shape index (κ3) is 5.40. The van der Waals surface area contributed by atoms with Crippen LogP contribution in [0.4, 0.5) is 0 Å². The molecular weight excluding hydrogens is 258 g/mol. The van der Waals surface area contributed by atoms with Gasteiger partial charge in [0.15, 0.2) is 0 Å². The van der Waals surface area contributed by atoms with Gasteiger partial charge >= 0.3 is 12.4 Å². The molecular formula is C15H21NO4. The fourth-order valence-electron chi connectivity index (χ4n) is 1.72. The number of carbonyl (C=O) groups is 2. The van der Waals surface area contributed by atoms with Crippen molar-refractivity contribution in [1.82, 2.24) is 5.32 Å². The smallest absolute Gasteiger partial charge is 0.330 e. The topological polar surface area (TPSA) is 64.6 Å². The molecule has 110 valence electrons. The molecule has 1 aromatic rings. The van der Waals surface area contributed by atoms with E-state index in [0.29, 0.717) is 6.42 Å².